The van der Waals surface area contributed by atoms with Crippen molar-refractivity contribution in [3.05, 3.63) is 35.4 Å². The number of nitrogens with two attached hydrogens (primary N) is 1. The largest absolute Gasteiger partial charge is 0.383 e. The number of amidine groups is 2. The van der Waals surface area contributed by atoms with Crippen molar-refractivity contribution in [2.75, 3.05) is 6.54 Å². The van der Waals surface area contributed by atoms with Gasteiger partial charge in [0.05, 0.1) is 0 Å². The molecule has 0 aromatic heterocycles. The van der Waals surface area contributed by atoms with Crippen molar-refractivity contribution >= 4 is 11.7 Å². The summed E-state index contributed by atoms with van der Waals surface area (Å²) >= 11 is 0. The molecule has 0 fully saturated rings. The summed E-state index contributed by atoms with van der Waals surface area (Å²) in [5, 5.41) is 0. The van der Waals surface area contributed by atoms with E-state index in [4.69, 9.17) is 5.73 Å². The molecule has 15 heavy (non-hydrogen) atoms. The van der Waals surface area contributed by atoms with E-state index in [0.717, 1.165) is 23.5 Å². The fourth-order valence-corrected chi connectivity index (χ4v) is 1.53. The van der Waals surface area contributed by atoms with Crippen LogP contribution in [0.4, 0.5) is 0 Å². The quantitative estimate of drug-likeness (QED) is 0.779. The van der Waals surface area contributed by atoms with Crippen molar-refractivity contribution in [3.63, 3.8) is 0 Å². The van der Waals surface area contributed by atoms with Crippen molar-refractivity contribution in [1.29, 1.82) is 0 Å². The molecule has 0 atom stereocenters. The number of aliphatic imine (C=N–C) groups is 2. The smallest absolute Gasteiger partial charge is 0.157 e. The number of rotatable bonds is 2. The molecule has 0 saturated heterocycles. The highest BCUT2D eigenvalue weighted by molar-refractivity contribution is 6.21. The van der Waals surface area contributed by atoms with Crippen molar-refractivity contribution in [2.45, 2.75) is 13.8 Å². The van der Waals surface area contributed by atoms with E-state index in [9.17, 15) is 0 Å². The lowest BCUT2D eigenvalue weighted by Crippen LogP contribution is -2.09. The van der Waals surface area contributed by atoms with Gasteiger partial charge in [-0.25, -0.2) is 4.99 Å². The van der Waals surface area contributed by atoms with Crippen LogP contribution in [0.25, 0.3) is 0 Å². The average Bonchev–Trinajstić information content (AvgIpc) is 2.54. The Morgan fingerprint density at radius 1 is 1.27 bits per heavy atom. The van der Waals surface area contributed by atoms with Crippen LogP contribution in [0.5, 0.6) is 0 Å². The fourth-order valence-electron chi connectivity index (χ4n) is 1.53. The van der Waals surface area contributed by atoms with Gasteiger partial charge in [-0.1, -0.05) is 38.1 Å². The Balaban J connectivity index is 2.35. The Morgan fingerprint density at radius 2 is 1.93 bits per heavy atom. The van der Waals surface area contributed by atoms with E-state index in [2.05, 4.69) is 23.8 Å². The van der Waals surface area contributed by atoms with E-state index >= 15 is 0 Å². The van der Waals surface area contributed by atoms with Crippen LogP contribution < -0.4 is 5.73 Å². The maximum Gasteiger partial charge on any atom is 0.157 e. The van der Waals surface area contributed by atoms with E-state index in [1.54, 1.807) is 0 Å². The van der Waals surface area contributed by atoms with Crippen LogP contribution in [-0.4, -0.2) is 18.2 Å². The molecule has 0 saturated carbocycles. The van der Waals surface area contributed by atoms with Crippen LogP contribution in [0, 0.1) is 5.92 Å². The SMILES string of the molecule is CC(C)CN=C1N=C(N)c2ccccc21. The summed E-state index contributed by atoms with van der Waals surface area (Å²) in [5.74, 6) is 1.89. The van der Waals surface area contributed by atoms with Gasteiger partial charge in [-0.15, -0.1) is 0 Å². The lowest BCUT2D eigenvalue weighted by atomic mass is 10.1. The molecular formula is C12H15N3. The van der Waals surface area contributed by atoms with Gasteiger partial charge >= 0.3 is 0 Å². The number of hydrogen-bond donors (Lipinski definition) is 1. The van der Waals surface area contributed by atoms with Crippen LogP contribution >= 0.6 is 0 Å². The van der Waals surface area contributed by atoms with E-state index in [-0.39, 0.29) is 0 Å². The monoisotopic (exact) mass is 201 g/mol. The minimum absolute atomic E-state index is 0.543. The van der Waals surface area contributed by atoms with Crippen molar-refractivity contribution < 1.29 is 0 Å². The highest BCUT2D eigenvalue weighted by atomic mass is 15.0. The summed E-state index contributed by atoms with van der Waals surface area (Å²) in [5.41, 5.74) is 7.86. The lowest BCUT2D eigenvalue weighted by molar-refractivity contribution is 0.665. The summed E-state index contributed by atoms with van der Waals surface area (Å²) in [6.07, 6.45) is 0. The summed E-state index contributed by atoms with van der Waals surface area (Å²) in [6.45, 7) is 5.07. The first kappa shape index (κ1) is 9.90. The highest BCUT2D eigenvalue weighted by Crippen LogP contribution is 2.17. The van der Waals surface area contributed by atoms with Crippen LogP contribution in [0.1, 0.15) is 25.0 Å². The molecule has 2 N–H and O–H groups in total. The summed E-state index contributed by atoms with van der Waals surface area (Å²) in [6, 6.07) is 7.94. The zero-order valence-corrected chi connectivity index (χ0v) is 9.07. The van der Waals surface area contributed by atoms with Gasteiger partial charge in [0.1, 0.15) is 5.84 Å². The van der Waals surface area contributed by atoms with Gasteiger partial charge in [0, 0.05) is 17.7 Å². The van der Waals surface area contributed by atoms with E-state index in [1.807, 2.05) is 24.3 Å². The normalized spacial score (nSPS) is 17.0. The molecule has 1 aliphatic rings. The maximum atomic E-state index is 5.81. The Kier molecular flexibility index (Phi) is 2.54. The predicted molar refractivity (Wildman–Crippen MR) is 63.4 cm³/mol. The van der Waals surface area contributed by atoms with Gasteiger partial charge < -0.3 is 5.73 Å². The number of benzene rings is 1. The lowest BCUT2D eigenvalue weighted by Gasteiger charge is -2.00. The standard InChI is InChI=1S/C12H15N3/c1-8(2)7-14-12-10-6-4-3-5-9(10)11(13)15-12/h3-6,8H,7H2,1-2H3,(H2,13,14,15). The molecule has 1 aliphatic heterocycles. The molecule has 3 heteroatoms. The minimum Gasteiger partial charge on any atom is -0.383 e. The zero-order valence-electron chi connectivity index (χ0n) is 9.07. The second-order valence-corrected chi connectivity index (χ2v) is 4.10. The van der Waals surface area contributed by atoms with Crippen LogP contribution in [0.2, 0.25) is 0 Å². The Labute approximate surface area is 89.7 Å². The molecule has 0 aliphatic carbocycles. The van der Waals surface area contributed by atoms with Gasteiger partial charge in [-0.3, -0.25) is 4.99 Å². The summed E-state index contributed by atoms with van der Waals surface area (Å²) in [7, 11) is 0. The minimum atomic E-state index is 0.543. The molecule has 78 valence electrons. The molecule has 0 bridgehead atoms. The average molecular weight is 201 g/mol. The third-order valence-electron chi connectivity index (χ3n) is 2.28. The summed E-state index contributed by atoms with van der Waals surface area (Å²) < 4.78 is 0. The Morgan fingerprint density at radius 3 is 2.60 bits per heavy atom. The van der Waals surface area contributed by atoms with Crippen LogP contribution in [0.3, 0.4) is 0 Å². The highest BCUT2D eigenvalue weighted by Gasteiger charge is 2.18. The number of fused-ring (bicyclic) bond motifs is 1. The van der Waals surface area contributed by atoms with Gasteiger partial charge in [-0.05, 0) is 5.92 Å². The number of nitrogens with zero attached hydrogens (tertiary/aromatic N) is 2. The molecule has 0 spiro atoms. The first-order valence-electron chi connectivity index (χ1n) is 5.17. The van der Waals surface area contributed by atoms with Crippen molar-refractivity contribution in [1.82, 2.24) is 0 Å². The molecule has 0 radical (unpaired) electrons. The van der Waals surface area contributed by atoms with Gasteiger partial charge in [0.15, 0.2) is 5.84 Å². The van der Waals surface area contributed by atoms with Crippen LogP contribution in [0.15, 0.2) is 34.3 Å². The van der Waals surface area contributed by atoms with E-state index in [0.29, 0.717) is 11.8 Å². The van der Waals surface area contributed by atoms with E-state index < -0.39 is 0 Å². The molecule has 2 rings (SSSR count). The maximum absolute atomic E-state index is 5.81. The number of hydrogen-bond acceptors (Lipinski definition) is 2. The molecule has 1 aromatic rings. The predicted octanol–water partition coefficient (Wildman–Crippen LogP) is 1.81. The molecule has 1 aromatic carbocycles. The van der Waals surface area contributed by atoms with Gasteiger partial charge in [-0.2, -0.15) is 0 Å². The summed E-state index contributed by atoms with van der Waals surface area (Å²) in [4.78, 5) is 8.74. The van der Waals surface area contributed by atoms with Crippen molar-refractivity contribution in [2.24, 2.45) is 21.6 Å². The van der Waals surface area contributed by atoms with Crippen LogP contribution in [-0.2, 0) is 0 Å². The molecule has 0 unspecified atom stereocenters. The Hall–Kier alpha value is -1.64. The van der Waals surface area contributed by atoms with E-state index in [1.165, 1.54) is 0 Å². The third kappa shape index (κ3) is 1.91. The Bertz CT molecular complexity index is 430. The zero-order chi connectivity index (χ0) is 10.8. The molecule has 0 amide bonds. The fraction of sp³-hybridized carbons (Fsp3) is 0.333. The molecule has 1 heterocycles. The first-order valence-corrected chi connectivity index (χ1v) is 5.17. The molecular weight excluding hydrogens is 186 g/mol. The van der Waals surface area contributed by atoms with Crippen molar-refractivity contribution in [3.8, 4) is 0 Å². The van der Waals surface area contributed by atoms with Gasteiger partial charge in [0.2, 0.25) is 0 Å². The first-order chi connectivity index (χ1) is 7.18. The third-order valence-corrected chi connectivity index (χ3v) is 2.28. The molecule has 3 nitrogen and oxygen atoms in total. The van der Waals surface area contributed by atoms with Gasteiger partial charge in [0.25, 0.3) is 0 Å². The topological polar surface area (TPSA) is 50.7 Å². The second kappa shape index (κ2) is 3.85. The second-order valence-electron chi connectivity index (χ2n) is 4.10.